The molecule has 3 atom stereocenters. The van der Waals surface area contributed by atoms with E-state index < -0.39 is 0 Å². The van der Waals surface area contributed by atoms with Gasteiger partial charge < -0.3 is 15.4 Å². The van der Waals surface area contributed by atoms with Crippen LogP contribution in [0.5, 0.6) is 0 Å². The molecule has 1 aliphatic carbocycles. The second kappa shape index (κ2) is 5.58. The molecule has 3 unspecified atom stereocenters. The van der Waals surface area contributed by atoms with Gasteiger partial charge in [-0.1, -0.05) is 41.5 Å². The molecular weight excluding hydrogens is 248 g/mol. The van der Waals surface area contributed by atoms with Crippen LogP contribution in [0, 0.1) is 23.2 Å². The van der Waals surface area contributed by atoms with Crippen LogP contribution < -0.4 is 5.73 Å². The molecule has 2 N–H and O–H groups in total. The van der Waals surface area contributed by atoms with Gasteiger partial charge in [0.15, 0.2) is 0 Å². The van der Waals surface area contributed by atoms with Crippen molar-refractivity contribution in [2.45, 2.75) is 59.6 Å². The zero-order valence-corrected chi connectivity index (χ0v) is 14.3. The van der Waals surface area contributed by atoms with Crippen LogP contribution in [0.3, 0.4) is 0 Å². The molecular formula is C17H34N2O. The number of hydrogen-bond donors (Lipinski definition) is 1. The van der Waals surface area contributed by atoms with E-state index in [1.807, 2.05) is 0 Å². The molecule has 0 amide bonds. The highest BCUT2D eigenvalue weighted by atomic mass is 16.5. The summed E-state index contributed by atoms with van der Waals surface area (Å²) >= 11 is 0. The third-order valence-corrected chi connectivity index (χ3v) is 5.40. The van der Waals surface area contributed by atoms with Crippen LogP contribution in [0.2, 0.25) is 0 Å². The quantitative estimate of drug-likeness (QED) is 0.814. The molecule has 0 aromatic rings. The van der Waals surface area contributed by atoms with Gasteiger partial charge in [-0.15, -0.1) is 0 Å². The van der Waals surface area contributed by atoms with Gasteiger partial charge in [-0.2, -0.15) is 0 Å². The number of fused-ring (bicyclic) bond motifs is 1. The Morgan fingerprint density at radius 3 is 2.20 bits per heavy atom. The Labute approximate surface area is 125 Å². The lowest BCUT2D eigenvalue weighted by atomic mass is 9.48. The monoisotopic (exact) mass is 282 g/mol. The summed E-state index contributed by atoms with van der Waals surface area (Å²) in [5.41, 5.74) is 6.91. The second-order valence-electron chi connectivity index (χ2n) is 8.43. The van der Waals surface area contributed by atoms with E-state index in [-0.39, 0.29) is 11.0 Å². The van der Waals surface area contributed by atoms with E-state index in [2.05, 4.69) is 46.4 Å². The van der Waals surface area contributed by atoms with Crippen molar-refractivity contribution >= 4 is 0 Å². The Balaban J connectivity index is 2.08. The third-order valence-electron chi connectivity index (χ3n) is 5.40. The van der Waals surface area contributed by atoms with E-state index in [0.717, 1.165) is 32.7 Å². The molecule has 2 fully saturated rings. The van der Waals surface area contributed by atoms with Crippen molar-refractivity contribution in [1.82, 2.24) is 4.90 Å². The summed E-state index contributed by atoms with van der Waals surface area (Å²) in [4.78, 5) is 2.59. The predicted octanol–water partition coefficient (Wildman–Crippen LogP) is 2.74. The molecule has 1 saturated heterocycles. The Morgan fingerprint density at radius 2 is 1.70 bits per heavy atom. The number of hydrogen-bond acceptors (Lipinski definition) is 3. The van der Waals surface area contributed by atoms with Crippen LogP contribution in [0.15, 0.2) is 0 Å². The molecule has 2 rings (SSSR count). The average molecular weight is 282 g/mol. The molecule has 0 aromatic heterocycles. The van der Waals surface area contributed by atoms with Crippen LogP contribution >= 0.6 is 0 Å². The summed E-state index contributed by atoms with van der Waals surface area (Å²) in [6.45, 7) is 18.0. The maximum Gasteiger partial charge on any atom is 0.0691 e. The van der Waals surface area contributed by atoms with Crippen LogP contribution in [0.1, 0.15) is 48.0 Å². The maximum absolute atomic E-state index is 6.90. The van der Waals surface area contributed by atoms with Gasteiger partial charge in [-0.25, -0.2) is 0 Å². The first-order valence-electron chi connectivity index (χ1n) is 8.31. The van der Waals surface area contributed by atoms with E-state index in [1.165, 1.54) is 0 Å². The SMILES string of the molecule is CC(C)CN(CC(C)C)CC1(N)C2CCOC2C1(C)C. The summed E-state index contributed by atoms with van der Waals surface area (Å²) in [6, 6.07) is 0. The fourth-order valence-corrected chi connectivity index (χ4v) is 4.40. The van der Waals surface area contributed by atoms with Gasteiger partial charge in [-0.3, -0.25) is 0 Å². The minimum absolute atomic E-state index is 0.0854. The molecule has 3 nitrogen and oxygen atoms in total. The zero-order valence-electron chi connectivity index (χ0n) is 14.3. The van der Waals surface area contributed by atoms with Gasteiger partial charge in [0.25, 0.3) is 0 Å². The summed E-state index contributed by atoms with van der Waals surface area (Å²) < 4.78 is 5.91. The molecule has 0 bridgehead atoms. The van der Waals surface area contributed by atoms with Gasteiger partial charge in [0.05, 0.1) is 6.10 Å². The number of nitrogens with two attached hydrogens (primary N) is 1. The first-order valence-corrected chi connectivity index (χ1v) is 8.31. The minimum atomic E-state index is -0.0854. The normalized spacial score (nSPS) is 35.7. The fraction of sp³-hybridized carbons (Fsp3) is 1.00. The first-order chi connectivity index (χ1) is 9.18. The minimum Gasteiger partial charge on any atom is -0.377 e. The zero-order chi connectivity index (χ0) is 15.1. The van der Waals surface area contributed by atoms with Crippen LogP contribution in [-0.2, 0) is 4.74 Å². The molecule has 1 aliphatic heterocycles. The number of nitrogens with zero attached hydrogens (tertiary/aromatic N) is 1. The Kier molecular flexibility index (Phi) is 4.54. The molecule has 1 heterocycles. The van der Waals surface area contributed by atoms with Gasteiger partial charge in [0.2, 0.25) is 0 Å². The molecule has 0 spiro atoms. The molecule has 2 aliphatic rings. The molecule has 3 heteroatoms. The number of ether oxygens (including phenoxy) is 1. The topological polar surface area (TPSA) is 38.5 Å². The van der Waals surface area contributed by atoms with Crippen LogP contribution in [-0.4, -0.2) is 42.8 Å². The van der Waals surface area contributed by atoms with E-state index >= 15 is 0 Å². The van der Waals surface area contributed by atoms with Crippen LogP contribution in [0.4, 0.5) is 0 Å². The number of rotatable bonds is 6. The van der Waals surface area contributed by atoms with E-state index in [9.17, 15) is 0 Å². The standard InChI is InChI=1S/C17H34N2O/c1-12(2)9-19(10-13(3)4)11-17(18)14-7-8-20-15(14)16(17,5)6/h12-15H,7-11,18H2,1-6H3. The van der Waals surface area contributed by atoms with Crippen molar-refractivity contribution in [2.24, 2.45) is 28.9 Å². The summed E-state index contributed by atoms with van der Waals surface area (Å²) in [5.74, 6) is 1.94. The van der Waals surface area contributed by atoms with E-state index in [0.29, 0.717) is 23.9 Å². The lowest BCUT2D eigenvalue weighted by Gasteiger charge is -2.63. The molecule has 0 aromatic carbocycles. The summed E-state index contributed by atoms with van der Waals surface area (Å²) in [7, 11) is 0. The Hall–Kier alpha value is -0.120. The van der Waals surface area contributed by atoms with Crippen molar-refractivity contribution in [3.63, 3.8) is 0 Å². The van der Waals surface area contributed by atoms with Crippen molar-refractivity contribution in [3.05, 3.63) is 0 Å². The Bertz CT molecular complexity index is 330. The van der Waals surface area contributed by atoms with Crippen molar-refractivity contribution in [1.29, 1.82) is 0 Å². The lowest BCUT2D eigenvalue weighted by Crippen LogP contribution is -2.78. The van der Waals surface area contributed by atoms with Gasteiger partial charge in [-0.05, 0) is 18.3 Å². The molecule has 0 radical (unpaired) electrons. The lowest BCUT2D eigenvalue weighted by molar-refractivity contribution is -0.164. The second-order valence-corrected chi connectivity index (χ2v) is 8.43. The van der Waals surface area contributed by atoms with Gasteiger partial charge in [0, 0.05) is 43.1 Å². The van der Waals surface area contributed by atoms with Gasteiger partial charge >= 0.3 is 0 Å². The van der Waals surface area contributed by atoms with Crippen molar-refractivity contribution in [2.75, 3.05) is 26.2 Å². The third kappa shape index (κ3) is 2.65. The highest BCUT2D eigenvalue weighted by Crippen LogP contribution is 2.58. The van der Waals surface area contributed by atoms with Gasteiger partial charge in [0.1, 0.15) is 0 Å². The highest BCUT2D eigenvalue weighted by molar-refractivity contribution is 5.21. The van der Waals surface area contributed by atoms with Crippen LogP contribution in [0.25, 0.3) is 0 Å². The summed E-state index contributed by atoms with van der Waals surface area (Å²) in [6.07, 6.45) is 1.52. The van der Waals surface area contributed by atoms with E-state index in [1.54, 1.807) is 0 Å². The van der Waals surface area contributed by atoms with Crippen molar-refractivity contribution < 1.29 is 4.74 Å². The summed E-state index contributed by atoms with van der Waals surface area (Å²) in [5, 5.41) is 0. The highest BCUT2D eigenvalue weighted by Gasteiger charge is 2.67. The maximum atomic E-state index is 6.90. The van der Waals surface area contributed by atoms with Crippen molar-refractivity contribution in [3.8, 4) is 0 Å². The molecule has 1 saturated carbocycles. The predicted molar refractivity (Wildman–Crippen MR) is 84.7 cm³/mol. The first kappa shape index (κ1) is 16.3. The average Bonchev–Trinajstić information content (AvgIpc) is 2.74. The largest absolute Gasteiger partial charge is 0.377 e. The van der Waals surface area contributed by atoms with E-state index in [4.69, 9.17) is 10.5 Å². The molecule has 20 heavy (non-hydrogen) atoms. The smallest absolute Gasteiger partial charge is 0.0691 e. The fourth-order valence-electron chi connectivity index (χ4n) is 4.40. The Morgan fingerprint density at radius 1 is 1.15 bits per heavy atom. The molecule has 118 valence electrons.